The van der Waals surface area contributed by atoms with Crippen molar-refractivity contribution in [3.63, 3.8) is 0 Å². The van der Waals surface area contributed by atoms with Gasteiger partial charge in [-0.15, -0.1) is 10.2 Å². The van der Waals surface area contributed by atoms with Gasteiger partial charge < -0.3 is 14.4 Å². The van der Waals surface area contributed by atoms with E-state index in [1.165, 1.54) is 49.6 Å². The molecule has 0 radical (unpaired) electrons. The Balaban J connectivity index is 1.51. The maximum absolute atomic E-state index is 13.7. The van der Waals surface area contributed by atoms with Crippen molar-refractivity contribution in [3.05, 3.63) is 94.8 Å². The lowest BCUT2D eigenvalue weighted by Gasteiger charge is -2.35. The molecule has 2 aromatic carbocycles. The summed E-state index contributed by atoms with van der Waals surface area (Å²) in [5.74, 6) is -0.220. The number of aromatic hydroxyl groups is 1. The summed E-state index contributed by atoms with van der Waals surface area (Å²) in [6.45, 7) is 1.58. The summed E-state index contributed by atoms with van der Waals surface area (Å²) in [7, 11) is 0. The van der Waals surface area contributed by atoms with E-state index < -0.39 is 47.4 Å². The van der Waals surface area contributed by atoms with Crippen LogP contribution in [0.1, 0.15) is 47.0 Å². The Kier molecular flexibility index (Phi) is 7.02. The molecule has 1 N–H and O–H groups in total. The van der Waals surface area contributed by atoms with Crippen LogP contribution in [0.5, 0.6) is 5.75 Å². The van der Waals surface area contributed by atoms with Gasteiger partial charge in [-0.1, -0.05) is 12.1 Å². The van der Waals surface area contributed by atoms with E-state index in [9.17, 15) is 35.8 Å². The fourth-order valence-corrected chi connectivity index (χ4v) is 4.81. The van der Waals surface area contributed by atoms with Crippen LogP contribution in [0, 0.1) is 5.82 Å². The van der Waals surface area contributed by atoms with Crippen LogP contribution in [0.15, 0.2) is 60.9 Å². The van der Waals surface area contributed by atoms with Gasteiger partial charge in [-0.2, -0.15) is 26.3 Å². The quantitative estimate of drug-likeness (QED) is 0.272. The predicted molar refractivity (Wildman–Crippen MR) is 127 cm³/mol. The third-order valence-corrected chi connectivity index (χ3v) is 6.78. The molecule has 210 valence electrons. The molecular weight excluding hydrogens is 545 g/mol. The Morgan fingerprint density at radius 2 is 1.57 bits per heavy atom. The summed E-state index contributed by atoms with van der Waals surface area (Å²) in [5, 5.41) is 18.2. The smallest absolute Gasteiger partial charge is 0.416 e. The molecule has 2 aromatic heterocycles. The number of pyridine rings is 1. The number of halogens is 7. The van der Waals surface area contributed by atoms with Crippen LogP contribution in [0.2, 0.25) is 0 Å². The number of fused-ring (bicyclic) bond motifs is 1. The minimum absolute atomic E-state index is 0.0678. The summed E-state index contributed by atoms with van der Waals surface area (Å²) >= 11 is 0. The summed E-state index contributed by atoms with van der Waals surface area (Å²) < 4.78 is 102. The number of alkyl halides is 6. The third kappa shape index (κ3) is 5.64. The molecule has 0 saturated carbocycles. The molecule has 3 heterocycles. The molecule has 6 nitrogen and oxygen atoms in total. The van der Waals surface area contributed by atoms with Gasteiger partial charge in [0.05, 0.1) is 29.5 Å². The van der Waals surface area contributed by atoms with Crippen molar-refractivity contribution in [2.45, 2.75) is 50.4 Å². The highest BCUT2D eigenvalue weighted by atomic mass is 19.4. The van der Waals surface area contributed by atoms with Crippen molar-refractivity contribution in [3.8, 4) is 17.1 Å². The van der Waals surface area contributed by atoms with Gasteiger partial charge in [-0.3, -0.25) is 4.98 Å². The number of rotatable bonds is 5. The molecule has 40 heavy (non-hydrogen) atoms. The Labute approximate surface area is 223 Å². The van der Waals surface area contributed by atoms with Crippen LogP contribution < -0.4 is 0 Å². The van der Waals surface area contributed by atoms with Gasteiger partial charge in [-0.25, -0.2) is 4.39 Å². The van der Waals surface area contributed by atoms with Crippen LogP contribution >= 0.6 is 0 Å². The topological polar surface area (TPSA) is 73.1 Å². The van der Waals surface area contributed by atoms with E-state index >= 15 is 0 Å². The SMILES string of the molecule is C[C@@H](O[C@H]1Cc2nnc(-c3cncc(O)c3)n2C[C@@H]1c1ccc(F)cc1)c1cc(C(F)(F)F)cc(C(F)(F)F)c1. The van der Waals surface area contributed by atoms with Crippen LogP contribution in [0.4, 0.5) is 30.7 Å². The van der Waals surface area contributed by atoms with E-state index in [4.69, 9.17) is 4.74 Å². The lowest BCUT2D eigenvalue weighted by atomic mass is 9.88. The van der Waals surface area contributed by atoms with E-state index in [2.05, 4.69) is 15.2 Å². The molecule has 0 aliphatic carbocycles. The average Bonchev–Trinajstić information content (AvgIpc) is 3.30. The Hall–Kier alpha value is -4.00. The highest BCUT2D eigenvalue weighted by Crippen LogP contribution is 2.40. The molecule has 0 amide bonds. The zero-order chi connectivity index (χ0) is 28.8. The van der Waals surface area contributed by atoms with Gasteiger partial charge in [0.2, 0.25) is 0 Å². The van der Waals surface area contributed by atoms with Gasteiger partial charge >= 0.3 is 12.4 Å². The van der Waals surface area contributed by atoms with Gasteiger partial charge in [0.25, 0.3) is 0 Å². The summed E-state index contributed by atoms with van der Waals surface area (Å²) in [6.07, 6.45) is -9.06. The van der Waals surface area contributed by atoms with Crippen molar-refractivity contribution in [1.82, 2.24) is 19.7 Å². The van der Waals surface area contributed by atoms with E-state index in [1.54, 1.807) is 4.57 Å². The van der Waals surface area contributed by atoms with E-state index in [-0.39, 0.29) is 30.3 Å². The highest BCUT2D eigenvalue weighted by molar-refractivity contribution is 5.56. The van der Waals surface area contributed by atoms with E-state index in [0.717, 1.165) is 0 Å². The molecule has 0 fully saturated rings. The monoisotopic (exact) mass is 566 g/mol. The molecule has 0 bridgehead atoms. The molecule has 13 heteroatoms. The maximum atomic E-state index is 13.7. The lowest BCUT2D eigenvalue weighted by molar-refractivity contribution is -0.143. The van der Waals surface area contributed by atoms with Gasteiger partial charge in [0, 0.05) is 30.6 Å². The van der Waals surface area contributed by atoms with E-state index in [0.29, 0.717) is 34.9 Å². The third-order valence-electron chi connectivity index (χ3n) is 6.78. The van der Waals surface area contributed by atoms with Gasteiger partial charge in [0.15, 0.2) is 5.82 Å². The average molecular weight is 566 g/mol. The second-order valence-electron chi connectivity index (χ2n) is 9.50. The number of hydrogen-bond acceptors (Lipinski definition) is 5. The minimum atomic E-state index is -5.00. The molecule has 0 unspecified atom stereocenters. The standard InChI is InChI=1S/C27H21F7N4O2/c1-14(16-6-18(26(29,30)31)9-19(7-16)27(32,33)34)40-23-10-24-36-37-25(17-8-21(39)12-35-11-17)38(24)13-22(23)15-2-4-20(28)5-3-15/h2-9,11-12,14,22-23,39H,10,13H2,1H3/t14-,22-,23+/m1/s1. The first kappa shape index (κ1) is 27.6. The normalized spacial score (nSPS) is 18.4. The minimum Gasteiger partial charge on any atom is -0.506 e. The molecular formula is C27H21F7N4O2. The molecule has 3 atom stereocenters. The molecule has 4 aromatic rings. The molecule has 0 spiro atoms. The van der Waals surface area contributed by atoms with Crippen molar-refractivity contribution in [2.75, 3.05) is 0 Å². The zero-order valence-corrected chi connectivity index (χ0v) is 20.7. The molecule has 0 saturated heterocycles. The fourth-order valence-electron chi connectivity index (χ4n) is 4.81. The van der Waals surface area contributed by atoms with Crippen LogP contribution in [-0.2, 0) is 30.1 Å². The molecule has 1 aliphatic heterocycles. The second kappa shape index (κ2) is 10.2. The van der Waals surface area contributed by atoms with Crippen LogP contribution in [0.3, 0.4) is 0 Å². The van der Waals surface area contributed by atoms with Crippen molar-refractivity contribution in [2.24, 2.45) is 0 Å². The molecule has 5 rings (SSSR count). The number of aromatic nitrogens is 4. The number of ether oxygens (including phenoxy) is 1. The first-order valence-electron chi connectivity index (χ1n) is 12.1. The largest absolute Gasteiger partial charge is 0.506 e. The highest BCUT2D eigenvalue weighted by Gasteiger charge is 2.39. The van der Waals surface area contributed by atoms with E-state index in [1.807, 2.05) is 0 Å². The number of hydrogen-bond donors (Lipinski definition) is 1. The number of nitrogens with zero attached hydrogens (tertiary/aromatic N) is 4. The van der Waals surface area contributed by atoms with Crippen molar-refractivity contribution >= 4 is 0 Å². The van der Waals surface area contributed by atoms with Crippen LogP contribution in [-0.4, -0.2) is 31.0 Å². The van der Waals surface area contributed by atoms with Crippen LogP contribution in [0.25, 0.3) is 11.4 Å². The summed E-state index contributed by atoms with van der Waals surface area (Å²) in [5.41, 5.74) is -2.05. The molecule has 1 aliphatic rings. The van der Waals surface area contributed by atoms with Gasteiger partial charge in [0.1, 0.15) is 17.4 Å². The first-order chi connectivity index (χ1) is 18.8. The summed E-state index contributed by atoms with van der Waals surface area (Å²) in [6, 6.07) is 8.39. The van der Waals surface area contributed by atoms with Crippen molar-refractivity contribution in [1.29, 1.82) is 0 Å². The fraction of sp³-hybridized carbons (Fsp3) is 0.296. The predicted octanol–water partition coefficient (Wildman–Crippen LogP) is 6.71. The summed E-state index contributed by atoms with van der Waals surface area (Å²) in [4.78, 5) is 3.95. The van der Waals surface area contributed by atoms with Gasteiger partial charge in [-0.05, 0) is 54.4 Å². The van der Waals surface area contributed by atoms with Crippen molar-refractivity contribution < 1.29 is 40.6 Å². The Morgan fingerprint density at radius 1 is 0.925 bits per heavy atom. The Bertz CT molecular complexity index is 1480. The second-order valence-corrected chi connectivity index (χ2v) is 9.50. The maximum Gasteiger partial charge on any atom is 0.416 e. The Morgan fingerprint density at radius 3 is 2.17 bits per heavy atom. The zero-order valence-electron chi connectivity index (χ0n) is 20.7. The first-order valence-corrected chi connectivity index (χ1v) is 12.1. The number of benzene rings is 2. The lowest BCUT2D eigenvalue weighted by Crippen LogP contribution is -2.35.